The first-order valence-corrected chi connectivity index (χ1v) is 2.73. The van der Waals surface area contributed by atoms with Crippen LogP contribution in [0.25, 0.3) is 0 Å². The van der Waals surface area contributed by atoms with Crippen LogP contribution in [0.15, 0.2) is 0 Å². The summed E-state index contributed by atoms with van der Waals surface area (Å²) in [6.45, 7) is 4.38. The second-order valence-electron chi connectivity index (χ2n) is 1.49. The van der Waals surface area contributed by atoms with E-state index in [0.717, 1.165) is 0 Å². The molecule has 0 atom stereocenters. The molecule has 0 rings (SSSR count). The molecule has 0 amide bonds. The SMILES string of the molecule is Br.CC[CH-]CCC.[Zn]. The van der Waals surface area contributed by atoms with Crippen molar-refractivity contribution in [3.8, 4) is 0 Å². The van der Waals surface area contributed by atoms with Crippen LogP contribution in [-0.2, 0) is 19.5 Å². The molecular formula is C6H14BrZn-. The van der Waals surface area contributed by atoms with Gasteiger partial charge in [0.25, 0.3) is 0 Å². The van der Waals surface area contributed by atoms with E-state index in [1.54, 1.807) is 0 Å². The van der Waals surface area contributed by atoms with Gasteiger partial charge in [-0.25, -0.2) is 0 Å². The van der Waals surface area contributed by atoms with Gasteiger partial charge in [-0.1, -0.05) is 20.3 Å². The molecule has 0 nitrogen and oxygen atoms in total. The molecule has 0 saturated carbocycles. The topological polar surface area (TPSA) is 0 Å². The van der Waals surface area contributed by atoms with Crippen molar-refractivity contribution in [1.29, 1.82) is 0 Å². The van der Waals surface area contributed by atoms with Crippen LogP contribution in [0.1, 0.15) is 33.1 Å². The fourth-order valence-corrected chi connectivity index (χ4v) is 0.408. The zero-order chi connectivity index (χ0) is 4.83. The number of rotatable bonds is 3. The van der Waals surface area contributed by atoms with Crippen molar-refractivity contribution in [2.45, 2.75) is 33.1 Å². The fraction of sp³-hybridized carbons (Fsp3) is 0.833. The van der Waals surface area contributed by atoms with Crippen molar-refractivity contribution in [3.63, 3.8) is 0 Å². The summed E-state index contributed by atoms with van der Waals surface area (Å²) in [6.07, 6.45) is 6.12. The predicted molar refractivity (Wildman–Crippen MR) is 39.8 cm³/mol. The molecule has 0 saturated heterocycles. The molecule has 0 bridgehead atoms. The molecule has 48 valence electrons. The molecule has 0 spiro atoms. The minimum absolute atomic E-state index is 0. The summed E-state index contributed by atoms with van der Waals surface area (Å²) in [5, 5.41) is 0. The van der Waals surface area contributed by atoms with Crippen LogP contribution in [0, 0.1) is 6.42 Å². The summed E-state index contributed by atoms with van der Waals surface area (Å²) in [7, 11) is 0. The molecule has 0 aromatic carbocycles. The van der Waals surface area contributed by atoms with Gasteiger partial charge >= 0.3 is 0 Å². The predicted octanol–water partition coefficient (Wildman–Crippen LogP) is 2.98. The summed E-state index contributed by atoms with van der Waals surface area (Å²) in [4.78, 5) is 0. The quantitative estimate of drug-likeness (QED) is 0.398. The van der Waals surface area contributed by atoms with Crippen LogP contribution in [0.3, 0.4) is 0 Å². The molecule has 0 aliphatic rings. The minimum atomic E-state index is 0. The van der Waals surface area contributed by atoms with Gasteiger partial charge in [0.1, 0.15) is 0 Å². The summed E-state index contributed by atoms with van der Waals surface area (Å²) in [5.74, 6) is 0. The van der Waals surface area contributed by atoms with Gasteiger partial charge in [-0.3, -0.25) is 0 Å². The molecule has 0 fully saturated rings. The monoisotopic (exact) mass is 229 g/mol. The summed E-state index contributed by atoms with van der Waals surface area (Å²) < 4.78 is 0. The van der Waals surface area contributed by atoms with E-state index >= 15 is 0 Å². The van der Waals surface area contributed by atoms with Gasteiger partial charge in [0.2, 0.25) is 0 Å². The Morgan fingerprint density at radius 2 is 1.75 bits per heavy atom. The van der Waals surface area contributed by atoms with Crippen LogP contribution in [0.2, 0.25) is 0 Å². The first-order valence-electron chi connectivity index (χ1n) is 2.73. The number of halogens is 1. The van der Waals surface area contributed by atoms with Gasteiger partial charge in [0.05, 0.1) is 0 Å². The van der Waals surface area contributed by atoms with Crippen molar-refractivity contribution < 1.29 is 19.5 Å². The van der Waals surface area contributed by atoms with Gasteiger partial charge in [0.15, 0.2) is 0 Å². The zero-order valence-corrected chi connectivity index (χ0v) is 10.5. The van der Waals surface area contributed by atoms with E-state index in [0.29, 0.717) is 0 Å². The number of hydrogen-bond donors (Lipinski definition) is 0. The van der Waals surface area contributed by atoms with Crippen molar-refractivity contribution in [2.24, 2.45) is 0 Å². The molecule has 0 aromatic rings. The molecule has 0 aliphatic carbocycles. The fourth-order valence-electron chi connectivity index (χ4n) is 0.408. The van der Waals surface area contributed by atoms with Gasteiger partial charge in [0, 0.05) is 19.5 Å². The van der Waals surface area contributed by atoms with E-state index in [1.165, 1.54) is 19.3 Å². The van der Waals surface area contributed by atoms with E-state index in [4.69, 9.17) is 0 Å². The third-order valence-corrected chi connectivity index (χ3v) is 0.781. The van der Waals surface area contributed by atoms with E-state index in [9.17, 15) is 0 Å². The van der Waals surface area contributed by atoms with E-state index < -0.39 is 0 Å². The normalized spacial score (nSPS) is 6.75. The molecule has 8 heavy (non-hydrogen) atoms. The van der Waals surface area contributed by atoms with Crippen LogP contribution in [-0.4, -0.2) is 0 Å². The third-order valence-electron chi connectivity index (χ3n) is 0.781. The minimum Gasteiger partial charge on any atom is -0.329 e. The third kappa shape index (κ3) is 15.7. The maximum atomic E-state index is 2.31. The maximum Gasteiger partial charge on any atom is 0 e. The smallest absolute Gasteiger partial charge is 0 e. The second-order valence-corrected chi connectivity index (χ2v) is 1.49. The number of unbranched alkanes of at least 4 members (excludes halogenated alkanes) is 3. The molecule has 0 radical (unpaired) electrons. The Kier molecular flexibility index (Phi) is 31.5. The molecular weight excluding hydrogens is 217 g/mol. The standard InChI is InChI=1S/C6H13.BrH.Zn/c1-3-5-6-4-2;;/h5H,3-4,6H2,1-2H3;1H;/q-1;;. The van der Waals surface area contributed by atoms with Gasteiger partial charge < -0.3 is 6.42 Å². The first-order chi connectivity index (χ1) is 2.91. The van der Waals surface area contributed by atoms with Crippen molar-refractivity contribution >= 4 is 17.0 Å². The summed E-state index contributed by atoms with van der Waals surface area (Å²) >= 11 is 0. The first kappa shape index (κ1) is 16.0. The molecule has 2 heteroatoms. The molecule has 0 unspecified atom stereocenters. The second kappa shape index (κ2) is 15.7. The number of hydrogen-bond acceptors (Lipinski definition) is 0. The van der Waals surface area contributed by atoms with Crippen LogP contribution in [0.4, 0.5) is 0 Å². The van der Waals surface area contributed by atoms with Crippen molar-refractivity contribution in [1.82, 2.24) is 0 Å². The zero-order valence-electron chi connectivity index (χ0n) is 5.81. The van der Waals surface area contributed by atoms with Crippen molar-refractivity contribution in [3.05, 3.63) is 6.42 Å². The van der Waals surface area contributed by atoms with Gasteiger partial charge in [-0.05, 0) is 0 Å². The van der Waals surface area contributed by atoms with Gasteiger partial charge in [-0.15, -0.1) is 17.0 Å². The van der Waals surface area contributed by atoms with E-state index in [1.807, 2.05) is 0 Å². The average molecular weight is 231 g/mol. The van der Waals surface area contributed by atoms with Crippen molar-refractivity contribution in [2.75, 3.05) is 0 Å². The Bertz CT molecular complexity index is 20.5. The van der Waals surface area contributed by atoms with E-state index in [-0.39, 0.29) is 36.5 Å². The average Bonchev–Trinajstić information content (AvgIpc) is 1.61. The Labute approximate surface area is 76.0 Å². The molecule has 0 aromatic heterocycles. The molecule has 0 heterocycles. The van der Waals surface area contributed by atoms with Crippen LogP contribution >= 0.6 is 17.0 Å². The van der Waals surface area contributed by atoms with E-state index in [2.05, 4.69) is 20.3 Å². The Hall–Kier alpha value is 1.10. The summed E-state index contributed by atoms with van der Waals surface area (Å²) in [5.41, 5.74) is 0. The summed E-state index contributed by atoms with van der Waals surface area (Å²) in [6, 6.07) is 0. The molecule has 0 aliphatic heterocycles. The Morgan fingerprint density at radius 1 is 1.25 bits per heavy atom. The Balaban J connectivity index is -0.000000125. The van der Waals surface area contributed by atoms with Crippen LogP contribution in [0.5, 0.6) is 0 Å². The largest absolute Gasteiger partial charge is 0.329 e. The Morgan fingerprint density at radius 3 is 1.88 bits per heavy atom. The van der Waals surface area contributed by atoms with Gasteiger partial charge in [-0.2, -0.15) is 12.8 Å². The maximum absolute atomic E-state index is 2.31. The molecule has 0 N–H and O–H groups in total. The van der Waals surface area contributed by atoms with Crippen LogP contribution < -0.4 is 0 Å².